The minimum absolute atomic E-state index is 0.0512. The molecule has 1 aliphatic heterocycles. The number of ether oxygens (including phenoxy) is 1. The van der Waals surface area contributed by atoms with Crippen molar-refractivity contribution in [3.05, 3.63) is 34.9 Å². The van der Waals surface area contributed by atoms with Gasteiger partial charge in [0.25, 0.3) is 0 Å². The van der Waals surface area contributed by atoms with Gasteiger partial charge in [-0.1, -0.05) is 23.8 Å². The van der Waals surface area contributed by atoms with E-state index in [-0.39, 0.29) is 17.2 Å². The van der Waals surface area contributed by atoms with Gasteiger partial charge >= 0.3 is 0 Å². The zero-order valence-electron chi connectivity index (χ0n) is 14.4. The molecule has 1 unspecified atom stereocenters. The number of hydrogen-bond acceptors (Lipinski definition) is 3. The summed E-state index contributed by atoms with van der Waals surface area (Å²) in [5, 5.41) is 0. The molecular weight excluding hydrogens is 260 g/mol. The second kappa shape index (κ2) is 5.71. The van der Waals surface area contributed by atoms with Crippen molar-refractivity contribution in [1.82, 2.24) is 4.90 Å². The minimum atomic E-state index is -0.121. The first-order valence-corrected chi connectivity index (χ1v) is 7.83. The lowest BCUT2D eigenvalue weighted by Crippen LogP contribution is -2.58. The van der Waals surface area contributed by atoms with E-state index in [1.807, 2.05) is 0 Å². The average Bonchev–Trinajstić information content (AvgIpc) is 2.23. The smallest absolute Gasteiger partial charge is 0.0760 e. The first-order valence-electron chi connectivity index (χ1n) is 7.83. The Morgan fingerprint density at radius 1 is 1.14 bits per heavy atom. The normalized spacial score (nSPS) is 23.0. The molecule has 21 heavy (non-hydrogen) atoms. The molecule has 0 aliphatic carbocycles. The molecule has 0 spiro atoms. The largest absolute Gasteiger partial charge is 0.367 e. The summed E-state index contributed by atoms with van der Waals surface area (Å²) >= 11 is 0. The van der Waals surface area contributed by atoms with Gasteiger partial charge in [-0.15, -0.1) is 0 Å². The van der Waals surface area contributed by atoms with Crippen molar-refractivity contribution >= 4 is 0 Å². The monoisotopic (exact) mass is 290 g/mol. The molecule has 0 amide bonds. The van der Waals surface area contributed by atoms with Crippen LogP contribution in [0.2, 0.25) is 0 Å². The van der Waals surface area contributed by atoms with E-state index in [1.165, 1.54) is 16.7 Å². The molecule has 3 heteroatoms. The molecule has 1 aromatic rings. The SMILES string of the molecule is Cc1ccc(C(N)CN2CC(C)(C)OC(C)(C)C2)c(C)c1. The van der Waals surface area contributed by atoms with Gasteiger partial charge in [0.05, 0.1) is 11.2 Å². The number of nitrogens with zero attached hydrogens (tertiary/aromatic N) is 1. The van der Waals surface area contributed by atoms with Gasteiger partial charge in [0.2, 0.25) is 0 Å². The molecule has 2 N–H and O–H groups in total. The van der Waals surface area contributed by atoms with E-state index < -0.39 is 0 Å². The van der Waals surface area contributed by atoms with E-state index in [4.69, 9.17) is 10.5 Å². The molecule has 0 bridgehead atoms. The lowest BCUT2D eigenvalue weighted by molar-refractivity contribution is -0.181. The number of morpholine rings is 1. The fourth-order valence-electron chi connectivity index (χ4n) is 3.69. The Hall–Kier alpha value is -0.900. The molecule has 1 atom stereocenters. The summed E-state index contributed by atoms with van der Waals surface area (Å²) in [6.07, 6.45) is 0. The maximum absolute atomic E-state index is 6.47. The highest BCUT2D eigenvalue weighted by Crippen LogP contribution is 2.29. The minimum Gasteiger partial charge on any atom is -0.367 e. The molecule has 1 saturated heterocycles. The van der Waals surface area contributed by atoms with E-state index in [0.717, 1.165) is 19.6 Å². The van der Waals surface area contributed by atoms with Crippen LogP contribution in [0.4, 0.5) is 0 Å². The third-order valence-corrected chi connectivity index (χ3v) is 4.04. The van der Waals surface area contributed by atoms with E-state index in [0.29, 0.717) is 0 Å². The summed E-state index contributed by atoms with van der Waals surface area (Å²) in [4.78, 5) is 2.44. The second-order valence-corrected chi connectivity index (χ2v) is 7.76. The fraction of sp³-hybridized carbons (Fsp3) is 0.667. The molecule has 1 aliphatic rings. The van der Waals surface area contributed by atoms with Crippen LogP contribution in [0.15, 0.2) is 18.2 Å². The first-order chi connectivity index (χ1) is 9.58. The Kier molecular flexibility index (Phi) is 4.48. The van der Waals surface area contributed by atoms with Crippen molar-refractivity contribution in [3.8, 4) is 0 Å². The number of aryl methyl sites for hydroxylation is 2. The quantitative estimate of drug-likeness (QED) is 0.929. The van der Waals surface area contributed by atoms with Crippen molar-refractivity contribution in [1.29, 1.82) is 0 Å². The molecule has 1 aromatic carbocycles. The van der Waals surface area contributed by atoms with Gasteiger partial charge in [-0.05, 0) is 52.7 Å². The summed E-state index contributed by atoms with van der Waals surface area (Å²) in [5.41, 5.74) is 10.1. The fourth-order valence-corrected chi connectivity index (χ4v) is 3.69. The Morgan fingerprint density at radius 3 is 2.24 bits per heavy atom. The Labute approximate surface area is 129 Å². The lowest BCUT2D eigenvalue weighted by Gasteiger charge is -2.47. The summed E-state index contributed by atoms with van der Waals surface area (Å²) in [7, 11) is 0. The molecule has 2 rings (SSSR count). The van der Waals surface area contributed by atoms with Crippen LogP contribution in [0.25, 0.3) is 0 Å². The van der Waals surface area contributed by atoms with Crippen molar-refractivity contribution in [3.63, 3.8) is 0 Å². The van der Waals surface area contributed by atoms with Crippen LogP contribution in [-0.4, -0.2) is 35.7 Å². The molecule has 3 nitrogen and oxygen atoms in total. The molecular formula is C18H30N2O. The van der Waals surface area contributed by atoms with Gasteiger partial charge in [0.1, 0.15) is 0 Å². The zero-order chi connectivity index (χ0) is 15.8. The van der Waals surface area contributed by atoms with Crippen LogP contribution in [0.1, 0.15) is 50.4 Å². The molecule has 1 fully saturated rings. The molecule has 118 valence electrons. The van der Waals surface area contributed by atoms with Crippen LogP contribution in [0.3, 0.4) is 0 Å². The van der Waals surface area contributed by atoms with Crippen LogP contribution in [-0.2, 0) is 4.74 Å². The van der Waals surface area contributed by atoms with Gasteiger partial charge in [0.15, 0.2) is 0 Å². The van der Waals surface area contributed by atoms with Gasteiger partial charge in [-0.2, -0.15) is 0 Å². The standard InChI is InChI=1S/C18H30N2O/c1-13-7-8-15(14(2)9-13)16(19)10-20-11-17(3,4)21-18(5,6)12-20/h7-9,16H,10-12,19H2,1-6H3. The number of nitrogens with two attached hydrogens (primary N) is 1. The lowest BCUT2D eigenvalue weighted by atomic mass is 9.96. The predicted molar refractivity (Wildman–Crippen MR) is 88.5 cm³/mol. The highest BCUT2D eigenvalue weighted by Gasteiger charge is 2.38. The van der Waals surface area contributed by atoms with Crippen LogP contribution in [0, 0.1) is 13.8 Å². The van der Waals surface area contributed by atoms with E-state index in [1.54, 1.807) is 0 Å². The summed E-state index contributed by atoms with van der Waals surface area (Å²) in [6, 6.07) is 6.58. The van der Waals surface area contributed by atoms with E-state index in [9.17, 15) is 0 Å². The third-order valence-electron chi connectivity index (χ3n) is 4.04. The summed E-state index contributed by atoms with van der Waals surface area (Å²) < 4.78 is 6.14. The Bertz CT molecular complexity index is 492. The third kappa shape index (κ3) is 4.29. The maximum atomic E-state index is 6.47. The van der Waals surface area contributed by atoms with Gasteiger partial charge in [0, 0.05) is 25.7 Å². The zero-order valence-corrected chi connectivity index (χ0v) is 14.4. The second-order valence-electron chi connectivity index (χ2n) is 7.76. The van der Waals surface area contributed by atoms with Gasteiger partial charge < -0.3 is 10.5 Å². The average molecular weight is 290 g/mol. The van der Waals surface area contributed by atoms with E-state index >= 15 is 0 Å². The van der Waals surface area contributed by atoms with E-state index in [2.05, 4.69) is 64.6 Å². The highest BCUT2D eigenvalue weighted by atomic mass is 16.5. The molecule has 1 heterocycles. The van der Waals surface area contributed by atoms with Gasteiger partial charge in [-0.25, -0.2) is 0 Å². The first kappa shape index (κ1) is 16.5. The van der Waals surface area contributed by atoms with Crippen molar-refractivity contribution < 1.29 is 4.74 Å². The maximum Gasteiger partial charge on any atom is 0.0760 e. The molecule has 0 saturated carbocycles. The number of hydrogen-bond donors (Lipinski definition) is 1. The topological polar surface area (TPSA) is 38.5 Å². The van der Waals surface area contributed by atoms with Crippen molar-refractivity contribution in [2.45, 2.75) is 58.8 Å². The number of rotatable bonds is 3. The molecule has 0 radical (unpaired) electrons. The predicted octanol–water partition coefficient (Wildman–Crippen LogP) is 3.19. The van der Waals surface area contributed by atoms with Gasteiger partial charge in [-0.3, -0.25) is 4.90 Å². The molecule has 0 aromatic heterocycles. The highest BCUT2D eigenvalue weighted by molar-refractivity contribution is 5.32. The Balaban J connectivity index is 2.10. The van der Waals surface area contributed by atoms with Crippen LogP contribution in [0.5, 0.6) is 0 Å². The summed E-state index contributed by atoms with van der Waals surface area (Å²) in [6.45, 7) is 15.6. The van der Waals surface area contributed by atoms with Crippen LogP contribution >= 0.6 is 0 Å². The van der Waals surface area contributed by atoms with Crippen molar-refractivity contribution in [2.75, 3.05) is 19.6 Å². The Morgan fingerprint density at radius 2 is 1.71 bits per heavy atom. The van der Waals surface area contributed by atoms with Crippen LogP contribution < -0.4 is 5.73 Å². The number of benzene rings is 1. The van der Waals surface area contributed by atoms with Crippen molar-refractivity contribution in [2.24, 2.45) is 5.73 Å². The summed E-state index contributed by atoms with van der Waals surface area (Å²) in [5.74, 6) is 0.